The Morgan fingerprint density at radius 1 is 1.36 bits per heavy atom. The SMILES string of the molecule is CCCCN(C)C(=S)Nc1c(C(=O)OCC)[nH]c2ccc(OC)cc12. The standard InChI is InChI=1S/C18H25N3O3S/c1-5-7-10-21(3)18(25)20-15-13-11-12(23-4)8-9-14(13)19-16(15)17(22)24-6-2/h8-9,11,19H,5-7,10H2,1-4H3,(H,20,25). The van der Waals surface area contributed by atoms with Crippen molar-refractivity contribution in [2.45, 2.75) is 26.7 Å². The number of hydrogen-bond acceptors (Lipinski definition) is 4. The van der Waals surface area contributed by atoms with Crippen molar-refractivity contribution in [1.82, 2.24) is 9.88 Å². The lowest BCUT2D eigenvalue weighted by molar-refractivity contribution is 0.0522. The molecule has 1 aromatic heterocycles. The van der Waals surface area contributed by atoms with E-state index in [0.717, 1.165) is 30.3 Å². The van der Waals surface area contributed by atoms with Crippen molar-refractivity contribution in [2.75, 3.05) is 32.6 Å². The van der Waals surface area contributed by atoms with Crippen LogP contribution in [-0.2, 0) is 4.74 Å². The lowest BCUT2D eigenvalue weighted by atomic mass is 10.2. The molecule has 0 radical (unpaired) electrons. The highest BCUT2D eigenvalue weighted by molar-refractivity contribution is 7.80. The number of benzene rings is 1. The number of H-pyrrole nitrogens is 1. The fourth-order valence-electron chi connectivity index (χ4n) is 2.48. The van der Waals surface area contributed by atoms with Gasteiger partial charge in [-0.2, -0.15) is 0 Å². The van der Waals surface area contributed by atoms with E-state index in [4.69, 9.17) is 21.7 Å². The quantitative estimate of drug-likeness (QED) is 0.576. The molecule has 25 heavy (non-hydrogen) atoms. The molecule has 1 aromatic carbocycles. The van der Waals surface area contributed by atoms with Gasteiger partial charge >= 0.3 is 5.97 Å². The smallest absolute Gasteiger partial charge is 0.356 e. The zero-order chi connectivity index (χ0) is 18.4. The van der Waals surface area contributed by atoms with Crippen LogP contribution < -0.4 is 10.1 Å². The molecule has 0 aliphatic carbocycles. The lowest BCUT2D eigenvalue weighted by Crippen LogP contribution is -2.32. The summed E-state index contributed by atoms with van der Waals surface area (Å²) in [5.74, 6) is 0.286. The number of thiocarbonyl (C=S) groups is 1. The molecule has 0 atom stereocenters. The van der Waals surface area contributed by atoms with Gasteiger partial charge in [0, 0.05) is 24.5 Å². The Kier molecular flexibility index (Phi) is 6.64. The third-order valence-corrected chi connectivity index (χ3v) is 4.32. The first kappa shape index (κ1) is 19.1. The van der Waals surface area contributed by atoms with Crippen LogP contribution >= 0.6 is 12.2 Å². The maximum Gasteiger partial charge on any atom is 0.356 e. The van der Waals surface area contributed by atoms with E-state index in [9.17, 15) is 4.79 Å². The summed E-state index contributed by atoms with van der Waals surface area (Å²) in [4.78, 5) is 17.4. The van der Waals surface area contributed by atoms with Gasteiger partial charge in [-0.3, -0.25) is 0 Å². The van der Waals surface area contributed by atoms with Gasteiger partial charge in [0.05, 0.1) is 19.4 Å². The number of nitrogens with one attached hydrogen (secondary N) is 2. The van der Waals surface area contributed by atoms with Crippen LogP contribution in [0.25, 0.3) is 10.9 Å². The van der Waals surface area contributed by atoms with Crippen molar-refractivity contribution in [3.05, 3.63) is 23.9 Å². The normalized spacial score (nSPS) is 10.6. The van der Waals surface area contributed by atoms with Crippen molar-refractivity contribution in [3.8, 4) is 5.75 Å². The fourth-order valence-corrected chi connectivity index (χ4v) is 2.68. The number of carbonyl (C=O) groups is 1. The van der Waals surface area contributed by atoms with Crippen LogP contribution in [0.4, 0.5) is 5.69 Å². The average molecular weight is 363 g/mol. The van der Waals surface area contributed by atoms with Crippen LogP contribution in [0.2, 0.25) is 0 Å². The second-order valence-corrected chi connectivity index (χ2v) is 6.10. The van der Waals surface area contributed by atoms with Gasteiger partial charge in [-0.1, -0.05) is 13.3 Å². The third-order valence-electron chi connectivity index (χ3n) is 3.91. The van der Waals surface area contributed by atoms with Gasteiger partial charge in [0.1, 0.15) is 11.4 Å². The lowest BCUT2D eigenvalue weighted by Gasteiger charge is -2.21. The second-order valence-electron chi connectivity index (χ2n) is 5.71. The van der Waals surface area contributed by atoms with Gasteiger partial charge in [0.2, 0.25) is 0 Å². The van der Waals surface area contributed by atoms with E-state index < -0.39 is 5.97 Å². The summed E-state index contributed by atoms with van der Waals surface area (Å²) in [5.41, 5.74) is 1.78. The van der Waals surface area contributed by atoms with E-state index >= 15 is 0 Å². The Labute approximate surface area is 153 Å². The number of anilines is 1. The molecule has 136 valence electrons. The Balaban J connectivity index is 2.41. The summed E-state index contributed by atoms with van der Waals surface area (Å²) in [6, 6.07) is 5.57. The molecule has 0 unspecified atom stereocenters. The highest BCUT2D eigenvalue weighted by Crippen LogP contribution is 2.31. The molecule has 0 bridgehead atoms. The molecule has 0 saturated carbocycles. The summed E-state index contributed by atoms with van der Waals surface area (Å²) in [5, 5.41) is 4.59. The first-order valence-corrected chi connectivity index (χ1v) is 8.81. The molecule has 0 fully saturated rings. The molecule has 2 aromatic rings. The van der Waals surface area contributed by atoms with Gasteiger partial charge in [-0.05, 0) is 43.8 Å². The summed E-state index contributed by atoms with van der Waals surface area (Å²) >= 11 is 5.49. The average Bonchev–Trinajstić information content (AvgIpc) is 2.97. The largest absolute Gasteiger partial charge is 0.497 e. The summed E-state index contributed by atoms with van der Waals surface area (Å²) in [7, 11) is 3.54. The van der Waals surface area contributed by atoms with Crippen LogP contribution in [0.5, 0.6) is 5.75 Å². The Morgan fingerprint density at radius 3 is 2.76 bits per heavy atom. The van der Waals surface area contributed by atoms with E-state index in [1.165, 1.54) is 0 Å². The van der Waals surface area contributed by atoms with Gasteiger partial charge in [-0.25, -0.2) is 4.79 Å². The number of aromatic amines is 1. The number of fused-ring (bicyclic) bond motifs is 1. The minimum absolute atomic E-state index is 0.303. The number of hydrogen-bond donors (Lipinski definition) is 2. The van der Waals surface area contributed by atoms with Gasteiger partial charge in [-0.15, -0.1) is 0 Å². The number of carbonyl (C=O) groups excluding carboxylic acids is 1. The molecular formula is C18H25N3O3S. The maximum absolute atomic E-state index is 12.3. The van der Waals surface area contributed by atoms with Crippen molar-refractivity contribution in [2.24, 2.45) is 0 Å². The first-order chi connectivity index (χ1) is 12.0. The predicted octanol–water partition coefficient (Wildman–Crippen LogP) is 3.78. The first-order valence-electron chi connectivity index (χ1n) is 8.40. The van der Waals surface area contributed by atoms with Crippen LogP contribution in [-0.4, -0.2) is 48.3 Å². The number of unbranched alkanes of at least 4 members (excludes halogenated alkanes) is 1. The van der Waals surface area contributed by atoms with Crippen LogP contribution in [0.1, 0.15) is 37.2 Å². The highest BCUT2D eigenvalue weighted by Gasteiger charge is 2.21. The van der Waals surface area contributed by atoms with Crippen molar-refractivity contribution in [1.29, 1.82) is 0 Å². The summed E-state index contributed by atoms with van der Waals surface area (Å²) < 4.78 is 10.5. The molecular weight excluding hydrogens is 338 g/mol. The maximum atomic E-state index is 12.3. The Morgan fingerprint density at radius 2 is 2.12 bits per heavy atom. The molecule has 0 amide bonds. The number of esters is 1. The molecule has 0 spiro atoms. The Hall–Kier alpha value is -2.28. The van der Waals surface area contributed by atoms with Crippen molar-refractivity contribution in [3.63, 3.8) is 0 Å². The van der Waals surface area contributed by atoms with E-state index in [0.29, 0.717) is 28.9 Å². The van der Waals surface area contributed by atoms with Crippen molar-refractivity contribution >= 4 is 39.9 Å². The molecule has 6 nitrogen and oxygen atoms in total. The predicted molar refractivity (Wildman–Crippen MR) is 105 cm³/mol. The summed E-state index contributed by atoms with van der Waals surface area (Å²) in [6.07, 6.45) is 2.13. The monoisotopic (exact) mass is 363 g/mol. The van der Waals surface area contributed by atoms with Gasteiger partial charge in [0.25, 0.3) is 0 Å². The zero-order valence-electron chi connectivity index (χ0n) is 15.1. The number of rotatable bonds is 7. The molecule has 7 heteroatoms. The second kappa shape index (κ2) is 8.71. The minimum Gasteiger partial charge on any atom is -0.497 e. The van der Waals surface area contributed by atoms with Crippen LogP contribution in [0.15, 0.2) is 18.2 Å². The number of aromatic nitrogens is 1. The Bertz CT molecular complexity index is 757. The van der Waals surface area contributed by atoms with Gasteiger partial charge in [0.15, 0.2) is 5.11 Å². The highest BCUT2D eigenvalue weighted by atomic mass is 32.1. The third kappa shape index (κ3) is 4.42. The molecule has 2 N–H and O–H groups in total. The van der Waals surface area contributed by atoms with Gasteiger partial charge < -0.3 is 24.7 Å². The van der Waals surface area contributed by atoms with E-state index in [1.807, 2.05) is 30.1 Å². The minimum atomic E-state index is -0.417. The molecule has 0 aliphatic rings. The fraction of sp³-hybridized carbons (Fsp3) is 0.444. The molecule has 1 heterocycles. The van der Waals surface area contributed by atoms with Crippen LogP contribution in [0, 0.1) is 0 Å². The number of nitrogens with zero attached hydrogens (tertiary/aromatic N) is 1. The molecule has 2 rings (SSSR count). The topological polar surface area (TPSA) is 66.6 Å². The van der Waals surface area contributed by atoms with E-state index in [1.54, 1.807) is 14.0 Å². The van der Waals surface area contributed by atoms with Crippen molar-refractivity contribution < 1.29 is 14.3 Å². The number of ether oxygens (including phenoxy) is 2. The van der Waals surface area contributed by atoms with E-state index in [-0.39, 0.29) is 0 Å². The van der Waals surface area contributed by atoms with Crippen LogP contribution in [0.3, 0.4) is 0 Å². The molecule has 0 saturated heterocycles. The number of methoxy groups -OCH3 is 1. The van der Waals surface area contributed by atoms with E-state index in [2.05, 4.69) is 17.2 Å². The zero-order valence-corrected chi connectivity index (χ0v) is 16.0. The molecule has 0 aliphatic heterocycles. The summed E-state index contributed by atoms with van der Waals surface area (Å²) in [6.45, 7) is 5.06.